The minimum Gasteiger partial charge on any atom is -0.260 e. The monoisotopic (exact) mass is 414 g/mol. The standard InChI is InChI=1S/C18H38O2S4/c1-3-5-6-7-8-9-10-11-12-13-16-24(20)18-15-22-21-14-17-23(19)4-2/h3-18H2,1-2H3. The first-order valence-electron chi connectivity index (χ1n) is 9.65. The highest BCUT2D eigenvalue weighted by Crippen LogP contribution is 2.21. The zero-order valence-electron chi connectivity index (χ0n) is 15.8. The van der Waals surface area contributed by atoms with Gasteiger partial charge in [0.15, 0.2) is 0 Å². The fraction of sp³-hybridized carbons (Fsp3) is 1.00. The van der Waals surface area contributed by atoms with Crippen LogP contribution in [0.1, 0.15) is 78.1 Å². The molecule has 0 aliphatic heterocycles. The summed E-state index contributed by atoms with van der Waals surface area (Å²) >= 11 is 0. The van der Waals surface area contributed by atoms with Crippen LogP contribution in [0, 0.1) is 0 Å². The second-order valence-electron chi connectivity index (χ2n) is 6.11. The topological polar surface area (TPSA) is 34.1 Å². The first-order chi connectivity index (χ1) is 11.7. The van der Waals surface area contributed by atoms with Crippen molar-refractivity contribution in [3.05, 3.63) is 0 Å². The molecule has 0 aromatic carbocycles. The molecule has 2 nitrogen and oxygen atoms in total. The molecule has 0 aliphatic rings. The van der Waals surface area contributed by atoms with Crippen molar-refractivity contribution in [1.29, 1.82) is 0 Å². The minimum atomic E-state index is -0.646. The fourth-order valence-corrected chi connectivity index (χ4v) is 7.59. The number of rotatable bonds is 19. The van der Waals surface area contributed by atoms with E-state index in [1.54, 1.807) is 21.6 Å². The third kappa shape index (κ3) is 19.3. The number of hydrogen-bond acceptors (Lipinski definition) is 4. The van der Waals surface area contributed by atoms with Crippen molar-refractivity contribution in [2.75, 3.05) is 34.5 Å². The van der Waals surface area contributed by atoms with E-state index in [1.165, 1.54) is 57.8 Å². The summed E-state index contributed by atoms with van der Waals surface area (Å²) in [5.74, 6) is 5.13. The molecule has 0 saturated heterocycles. The van der Waals surface area contributed by atoms with E-state index in [2.05, 4.69) is 6.92 Å². The summed E-state index contributed by atoms with van der Waals surface area (Å²) in [7, 11) is 2.27. The van der Waals surface area contributed by atoms with E-state index in [0.29, 0.717) is 0 Å². The van der Waals surface area contributed by atoms with Crippen molar-refractivity contribution in [2.45, 2.75) is 78.1 Å². The van der Waals surface area contributed by atoms with E-state index in [9.17, 15) is 8.42 Å². The van der Waals surface area contributed by atoms with Gasteiger partial charge >= 0.3 is 0 Å². The fourth-order valence-electron chi connectivity index (χ4n) is 2.37. The lowest BCUT2D eigenvalue weighted by Crippen LogP contribution is -2.05. The maximum Gasteiger partial charge on any atom is 0.0334 e. The van der Waals surface area contributed by atoms with Crippen LogP contribution in [0.3, 0.4) is 0 Å². The summed E-state index contributed by atoms with van der Waals surface area (Å²) in [5, 5.41) is 0. The van der Waals surface area contributed by atoms with Crippen LogP contribution in [-0.4, -0.2) is 42.9 Å². The Morgan fingerprint density at radius 1 is 0.583 bits per heavy atom. The average Bonchev–Trinajstić information content (AvgIpc) is 2.59. The molecule has 0 aromatic heterocycles. The van der Waals surface area contributed by atoms with Crippen LogP contribution in [0.2, 0.25) is 0 Å². The molecule has 0 aliphatic carbocycles. The van der Waals surface area contributed by atoms with E-state index in [-0.39, 0.29) is 0 Å². The SMILES string of the molecule is CCCCCCCCCCCCS(=O)CCSSCCS(=O)CC. The molecule has 146 valence electrons. The predicted molar refractivity (Wildman–Crippen MR) is 118 cm³/mol. The summed E-state index contributed by atoms with van der Waals surface area (Å²) in [4.78, 5) is 0. The third-order valence-corrected chi connectivity index (χ3v) is 9.55. The zero-order valence-corrected chi connectivity index (χ0v) is 19.0. The number of hydrogen-bond donors (Lipinski definition) is 0. The maximum absolute atomic E-state index is 11.9. The van der Waals surface area contributed by atoms with Crippen molar-refractivity contribution in [1.82, 2.24) is 0 Å². The van der Waals surface area contributed by atoms with Crippen LogP contribution in [0.25, 0.3) is 0 Å². The minimum absolute atomic E-state index is 0.643. The molecule has 0 radical (unpaired) electrons. The van der Waals surface area contributed by atoms with E-state index in [4.69, 9.17) is 0 Å². The molecule has 0 amide bonds. The van der Waals surface area contributed by atoms with Gasteiger partial charge in [0.2, 0.25) is 0 Å². The van der Waals surface area contributed by atoms with Gasteiger partial charge in [0, 0.05) is 56.1 Å². The van der Waals surface area contributed by atoms with E-state index in [1.807, 2.05) is 6.92 Å². The summed E-state index contributed by atoms with van der Waals surface area (Å²) < 4.78 is 23.2. The molecule has 6 heteroatoms. The highest BCUT2D eigenvalue weighted by Gasteiger charge is 2.01. The molecule has 0 rings (SSSR count). The van der Waals surface area contributed by atoms with E-state index >= 15 is 0 Å². The largest absolute Gasteiger partial charge is 0.260 e. The average molecular weight is 415 g/mol. The quantitative estimate of drug-likeness (QED) is 0.197. The van der Waals surface area contributed by atoms with Crippen molar-refractivity contribution >= 4 is 43.2 Å². The molecule has 0 saturated carbocycles. The lowest BCUT2D eigenvalue weighted by atomic mass is 10.1. The van der Waals surface area contributed by atoms with Crippen molar-refractivity contribution in [2.24, 2.45) is 0 Å². The van der Waals surface area contributed by atoms with Crippen LogP contribution in [0.15, 0.2) is 0 Å². The van der Waals surface area contributed by atoms with E-state index in [0.717, 1.165) is 40.9 Å². The first-order valence-corrected chi connectivity index (χ1v) is 15.1. The molecule has 0 spiro atoms. The Labute approximate surface area is 163 Å². The van der Waals surface area contributed by atoms with Gasteiger partial charge in [-0.1, -0.05) is 93.2 Å². The predicted octanol–water partition coefficient (Wildman–Crippen LogP) is 5.81. The Bertz CT molecular complexity index is 311. The maximum atomic E-state index is 11.9. The highest BCUT2D eigenvalue weighted by atomic mass is 33.1. The Kier molecular flexibility index (Phi) is 21.2. The van der Waals surface area contributed by atoms with Crippen LogP contribution in [0.5, 0.6) is 0 Å². The molecule has 24 heavy (non-hydrogen) atoms. The Morgan fingerprint density at radius 2 is 1.04 bits per heavy atom. The Balaban J connectivity index is 3.20. The third-order valence-electron chi connectivity index (χ3n) is 3.92. The molecule has 0 fully saturated rings. The molecule has 2 unspecified atom stereocenters. The van der Waals surface area contributed by atoms with Crippen LogP contribution in [0.4, 0.5) is 0 Å². The second kappa shape index (κ2) is 20.3. The summed E-state index contributed by atoms with van der Waals surface area (Å²) in [5.41, 5.74) is 0. The molecule has 2 atom stereocenters. The summed E-state index contributed by atoms with van der Waals surface area (Å²) in [6.07, 6.45) is 13.3. The summed E-state index contributed by atoms with van der Waals surface area (Å²) in [6.45, 7) is 4.23. The van der Waals surface area contributed by atoms with Crippen molar-refractivity contribution in [3.8, 4) is 0 Å². The van der Waals surface area contributed by atoms with E-state index < -0.39 is 21.6 Å². The lowest BCUT2D eigenvalue weighted by molar-refractivity contribution is 0.562. The molecule has 0 N–H and O–H groups in total. The van der Waals surface area contributed by atoms with Gasteiger partial charge in [0.25, 0.3) is 0 Å². The van der Waals surface area contributed by atoms with Gasteiger partial charge in [-0.25, -0.2) is 0 Å². The van der Waals surface area contributed by atoms with Gasteiger partial charge in [-0.05, 0) is 6.42 Å². The van der Waals surface area contributed by atoms with Crippen molar-refractivity contribution in [3.63, 3.8) is 0 Å². The van der Waals surface area contributed by atoms with Gasteiger partial charge in [-0.3, -0.25) is 8.42 Å². The number of unbranched alkanes of at least 4 members (excludes halogenated alkanes) is 9. The van der Waals surface area contributed by atoms with Gasteiger partial charge < -0.3 is 0 Å². The normalized spacial score (nSPS) is 13.9. The Morgan fingerprint density at radius 3 is 1.54 bits per heavy atom. The highest BCUT2D eigenvalue weighted by molar-refractivity contribution is 8.76. The Hall–Kier alpha value is 1.000. The first kappa shape index (κ1) is 25.0. The molecular formula is C18H38O2S4. The van der Waals surface area contributed by atoms with Gasteiger partial charge in [0.05, 0.1) is 0 Å². The van der Waals surface area contributed by atoms with Crippen LogP contribution >= 0.6 is 21.6 Å². The smallest absolute Gasteiger partial charge is 0.0334 e. The van der Waals surface area contributed by atoms with Gasteiger partial charge in [-0.2, -0.15) is 0 Å². The molecular weight excluding hydrogens is 376 g/mol. The molecule has 0 heterocycles. The summed E-state index contributed by atoms with van der Waals surface area (Å²) in [6, 6.07) is 0. The second-order valence-corrected chi connectivity index (χ2v) is 12.4. The van der Waals surface area contributed by atoms with Gasteiger partial charge in [-0.15, -0.1) is 0 Å². The molecule has 0 bridgehead atoms. The van der Waals surface area contributed by atoms with Gasteiger partial charge in [0.1, 0.15) is 0 Å². The lowest BCUT2D eigenvalue weighted by Gasteiger charge is -2.04. The zero-order chi connectivity index (χ0) is 17.9. The van der Waals surface area contributed by atoms with Crippen molar-refractivity contribution < 1.29 is 8.42 Å². The molecule has 0 aromatic rings. The van der Waals surface area contributed by atoms with Crippen LogP contribution < -0.4 is 0 Å². The van der Waals surface area contributed by atoms with Crippen LogP contribution in [-0.2, 0) is 21.6 Å².